The van der Waals surface area contributed by atoms with Gasteiger partial charge in [-0.3, -0.25) is 4.79 Å². The van der Waals surface area contributed by atoms with Gasteiger partial charge in [-0.05, 0) is 25.7 Å². The molecule has 1 saturated carbocycles. The van der Waals surface area contributed by atoms with Crippen LogP contribution in [-0.2, 0) is 10.2 Å². The van der Waals surface area contributed by atoms with Gasteiger partial charge in [0.2, 0.25) is 11.0 Å². The third-order valence-electron chi connectivity index (χ3n) is 4.64. The van der Waals surface area contributed by atoms with E-state index < -0.39 is 0 Å². The molecule has 2 aliphatic rings. The van der Waals surface area contributed by atoms with Crippen molar-refractivity contribution in [1.29, 1.82) is 0 Å². The molecule has 0 atom stereocenters. The van der Waals surface area contributed by atoms with Gasteiger partial charge in [0.05, 0.1) is 0 Å². The molecule has 2 heterocycles. The number of amides is 1. The lowest BCUT2D eigenvalue weighted by Gasteiger charge is -2.33. The van der Waals surface area contributed by atoms with E-state index in [9.17, 15) is 4.79 Å². The molecule has 22 heavy (non-hydrogen) atoms. The summed E-state index contributed by atoms with van der Waals surface area (Å²) in [6.07, 6.45) is 5.37. The van der Waals surface area contributed by atoms with Gasteiger partial charge in [-0.15, -0.1) is 10.2 Å². The Hall–Kier alpha value is -1.17. The molecular weight excluding hydrogens is 296 g/mol. The van der Waals surface area contributed by atoms with Gasteiger partial charge >= 0.3 is 0 Å². The van der Waals surface area contributed by atoms with Crippen LogP contribution < -0.4 is 10.2 Å². The number of carbonyl (C=O) groups is 1. The standard InChI is InChI=1S/C16H26N4OS/c1-16(2,3)14-18-19-15(22-14)20-9-7-12(8-10-20)17-13(21)11-5-4-6-11/h11-12H,4-10H2,1-3H3,(H,17,21). The summed E-state index contributed by atoms with van der Waals surface area (Å²) in [5.74, 6) is 0.561. The molecule has 5 nitrogen and oxygen atoms in total. The molecule has 0 bridgehead atoms. The zero-order valence-corrected chi connectivity index (χ0v) is 14.6. The molecule has 6 heteroatoms. The average Bonchev–Trinajstić information content (AvgIpc) is 2.86. The number of piperidine rings is 1. The molecule has 2 fully saturated rings. The average molecular weight is 322 g/mol. The van der Waals surface area contributed by atoms with E-state index in [1.807, 2.05) is 0 Å². The summed E-state index contributed by atoms with van der Waals surface area (Å²) in [4.78, 5) is 14.3. The summed E-state index contributed by atoms with van der Waals surface area (Å²) < 4.78 is 0. The summed E-state index contributed by atoms with van der Waals surface area (Å²) >= 11 is 1.70. The van der Waals surface area contributed by atoms with Crippen molar-refractivity contribution in [2.75, 3.05) is 18.0 Å². The number of aromatic nitrogens is 2. The SMILES string of the molecule is CC(C)(C)c1nnc(N2CCC(NC(=O)C3CCC3)CC2)s1. The van der Waals surface area contributed by atoms with Crippen LogP contribution in [0, 0.1) is 5.92 Å². The van der Waals surface area contributed by atoms with Crippen LogP contribution >= 0.6 is 11.3 Å². The van der Waals surface area contributed by atoms with E-state index in [4.69, 9.17) is 0 Å². The number of carbonyl (C=O) groups excluding carboxylic acids is 1. The van der Waals surface area contributed by atoms with Crippen molar-refractivity contribution in [3.05, 3.63) is 5.01 Å². The second kappa shape index (κ2) is 6.14. The van der Waals surface area contributed by atoms with Gasteiger partial charge in [-0.2, -0.15) is 0 Å². The third-order valence-corrected chi connectivity index (χ3v) is 6.05. The highest BCUT2D eigenvalue weighted by atomic mass is 32.1. The van der Waals surface area contributed by atoms with E-state index in [1.165, 1.54) is 6.42 Å². The summed E-state index contributed by atoms with van der Waals surface area (Å²) in [5.41, 5.74) is 0.0605. The molecular formula is C16H26N4OS. The molecule has 1 aromatic rings. The molecule has 0 unspecified atom stereocenters. The predicted molar refractivity (Wildman–Crippen MR) is 89.3 cm³/mol. The Kier molecular flexibility index (Phi) is 4.39. The first kappa shape index (κ1) is 15.7. The van der Waals surface area contributed by atoms with Gasteiger partial charge in [0.25, 0.3) is 0 Å². The highest BCUT2D eigenvalue weighted by Crippen LogP contribution is 2.31. The summed E-state index contributed by atoms with van der Waals surface area (Å²) in [7, 11) is 0. The third kappa shape index (κ3) is 3.42. The van der Waals surface area contributed by atoms with Gasteiger partial charge in [0.15, 0.2) is 0 Å². The number of nitrogens with zero attached hydrogens (tertiary/aromatic N) is 3. The maximum atomic E-state index is 12.0. The number of rotatable bonds is 3. The molecule has 0 spiro atoms. The fourth-order valence-corrected chi connectivity index (χ4v) is 3.81. The van der Waals surface area contributed by atoms with Crippen molar-refractivity contribution in [3.63, 3.8) is 0 Å². The minimum absolute atomic E-state index is 0.0605. The number of hydrogen-bond acceptors (Lipinski definition) is 5. The molecule has 1 aliphatic carbocycles. The Morgan fingerprint density at radius 3 is 2.36 bits per heavy atom. The van der Waals surface area contributed by atoms with Gasteiger partial charge in [0.1, 0.15) is 5.01 Å². The van der Waals surface area contributed by atoms with E-state index in [0.29, 0.717) is 6.04 Å². The monoisotopic (exact) mass is 322 g/mol. The first-order chi connectivity index (χ1) is 10.4. The summed E-state index contributed by atoms with van der Waals surface area (Å²) in [5, 5.41) is 14.0. The molecule has 0 aromatic carbocycles. The maximum absolute atomic E-state index is 12.0. The zero-order valence-electron chi connectivity index (χ0n) is 13.8. The Bertz CT molecular complexity index is 524. The van der Waals surface area contributed by atoms with Crippen LogP contribution in [0.3, 0.4) is 0 Å². The van der Waals surface area contributed by atoms with Crippen LogP contribution in [0.4, 0.5) is 5.13 Å². The van der Waals surface area contributed by atoms with Gasteiger partial charge in [0, 0.05) is 30.5 Å². The van der Waals surface area contributed by atoms with Gasteiger partial charge < -0.3 is 10.2 Å². The van der Waals surface area contributed by atoms with Crippen LogP contribution in [0.5, 0.6) is 0 Å². The normalized spacial score (nSPS) is 20.8. The molecule has 3 rings (SSSR count). The van der Waals surface area contributed by atoms with Crippen LogP contribution in [-0.4, -0.2) is 35.2 Å². The van der Waals surface area contributed by atoms with E-state index >= 15 is 0 Å². The second-order valence-corrected chi connectivity index (χ2v) is 8.49. The van der Waals surface area contributed by atoms with Gasteiger partial charge in [-0.1, -0.05) is 38.5 Å². The smallest absolute Gasteiger partial charge is 0.223 e. The zero-order chi connectivity index (χ0) is 15.7. The fraction of sp³-hybridized carbons (Fsp3) is 0.812. The van der Waals surface area contributed by atoms with E-state index in [2.05, 4.69) is 41.2 Å². The van der Waals surface area contributed by atoms with Crippen molar-refractivity contribution >= 4 is 22.4 Å². The quantitative estimate of drug-likeness (QED) is 0.929. The predicted octanol–water partition coefficient (Wildman–Crippen LogP) is 2.72. The van der Waals surface area contributed by atoms with Crippen LogP contribution in [0.1, 0.15) is 57.9 Å². The first-order valence-electron chi connectivity index (χ1n) is 8.33. The number of anilines is 1. The van der Waals surface area contributed by atoms with Crippen molar-refractivity contribution in [1.82, 2.24) is 15.5 Å². The minimum Gasteiger partial charge on any atom is -0.353 e. The highest BCUT2D eigenvalue weighted by molar-refractivity contribution is 7.15. The maximum Gasteiger partial charge on any atom is 0.223 e. The number of hydrogen-bond donors (Lipinski definition) is 1. The van der Waals surface area contributed by atoms with E-state index in [-0.39, 0.29) is 17.2 Å². The summed E-state index contributed by atoms with van der Waals surface area (Å²) in [6, 6.07) is 0.333. The Morgan fingerprint density at radius 1 is 1.18 bits per heavy atom. The Morgan fingerprint density at radius 2 is 1.86 bits per heavy atom. The van der Waals surface area contributed by atoms with Crippen LogP contribution in [0.25, 0.3) is 0 Å². The molecule has 0 radical (unpaired) electrons. The van der Waals surface area contributed by atoms with Crippen molar-refractivity contribution in [3.8, 4) is 0 Å². The highest BCUT2D eigenvalue weighted by Gasteiger charge is 2.29. The van der Waals surface area contributed by atoms with Crippen molar-refractivity contribution in [2.45, 2.75) is 64.3 Å². The van der Waals surface area contributed by atoms with E-state index in [1.54, 1.807) is 11.3 Å². The molecule has 122 valence electrons. The van der Waals surface area contributed by atoms with Crippen molar-refractivity contribution in [2.24, 2.45) is 5.92 Å². The molecule has 1 aliphatic heterocycles. The lowest BCUT2D eigenvalue weighted by Crippen LogP contribution is -2.47. The molecule has 1 aromatic heterocycles. The topological polar surface area (TPSA) is 58.1 Å². The minimum atomic E-state index is 0.0605. The number of nitrogens with one attached hydrogen (secondary N) is 1. The molecule has 1 N–H and O–H groups in total. The van der Waals surface area contributed by atoms with Crippen molar-refractivity contribution < 1.29 is 4.79 Å². The van der Waals surface area contributed by atoms with Crippen LogP contribution in [0.2, 0.25) is 0 Å². The van der Waals surface area contributed by atoms with Crippen LogP contribution in [0.15, 0.2) is 0 Å². The van der Waals surface area contributed by atoms with E-state index in [0.717, 1.165) is 48.9 Å². The molecule has 1 saturated heterocycles. The summed E-state index contributed by atoms with van der Waals surface area (Å²) in [6.45, 7) is 8.40. The Labute approximate surface area is 136 Å². The Balaban J connectivity index is 1.51. The lowest BCUT2D eigenvalue weighted by atomic mass is 9.84. The first-order valence-corrected chi connectivity index (χ1v) is 9.14. The molecule has 1 amide bonds. The largest absolute Gasteiger partial charge is 0.353 e. The van der Waals surface area contributed by atoms with Gasteiger partial charge in [-0.25, -0.2) is 0 Å². The second-order valence-electron chi connectivity index (χ2n) is 7.54. The fourth-order valence-electron chi connectivity index (χ4n) is 2.85. The lowest BCUT2D eigenvalue weighted by molar-refractivity contribution is -0.128.